The normalized spacial score (nSPS) is 11.0. The van der Waals surface area contributed by atoms with Crippen LogP contribution in [0.5, 0.6) is 11.5 Å². The first kappa shape index (κ1) is 19.9. The van der Waals surface area contributed by atoms with Crippen LogP contribution in [0.2, 0.25) is 5.02 Å². The highest BCUT2D eigenvalue weighted by atomic mass is 35.5. The average molecular weight is 400 g/mol. The monoisotopic (exact) mass is 399 g/mol. The summed E-state index contributed by atoms with van der Waals surface area (Å²) in [6.07, 6.45) is 0. The van der Waals surface area contributed by atoms with Gasteiger partial charge in [0.15, 0.2) is 0 Å². The number of carboxylic acid groups (broad SMARTS) is 1. The molecule has 0 bridgehead atoms. The van der Waals surface area contributed by atoms with Gasteiger partial charge in [-0.1, -0.05) is 11.6 Å². The van der Waals surface area contributed by atoms with Crippen LogP contribution in [0.25, 0.3) is 0 Å². The Kier molecular flexibility index (Phi) is 6.33. The Morgan fingerprint density at radius 1 is 1.19 bits per heavy atom. The Bertz CT molecular complexity index is 883. The van der Waals surface area contributed by atoms with Crippen molar-refractivity contribution in [2.45, 2.75) is 11.8 Å². The maximum Gasteiger partial charge on any atom is 0.324 e. The second kappa shape index (κ2) is 8.29. The molecule has 0 atom stereocenters. The van der Waals surface area contributed by atoms with Crippen LogP contribution in [-0.4, -0.2) is 39.8 Å². The van der Waals surface area contributed by atoms with Crippen molar-refractivity contribution in [1.29, 1.82) is 0 Å². The number of rotatable bonds is 8. The van der Waals surface area contributed by atoms with Gasteiger partial charge >= 0.3 is 5.97 Å². The van der Waals surface area contributed by atoms with Crippen LogP contribution in [0.15, 0.2) is 47.4 Å². The number of hydrogen-bond acceptors (Lipinski definition) is 5. The predicted octanol–water partition coefficient (Wildman–Crippen LogP) is 3.03. The molecule has 2 aromatic carbocycles. The first-order chi connectivity index (χ1) is 12.3. The number of sulfonamides is 1. The highest BCUT2D eigenvalue weighted by molar-refractivity contribution is 7.92. The molecule has 0 amide bonds. The molecule has 0 radical (unpaired) electrons. The smallest absolute Gasteiger partial charge is 0.324 e. The molecule has 0 saturated heterocycles. The fraction of sp³-hybridized carbons (Fsp3) is 0.235. The van der Waals surface area contributed by atoms with E-state index in [1.165, 1.54) is 49.6 Å². The molecule has 0 fully saturated rings. The van der Waals surface area contributed by atoms with Crippen LogP contribution >= 0.6 is 11.6 Å². The van der Waals surface area contributed by atoms with Gasteiger partial charge in [-0.05, 0) is 49.4 Å². The van der Waals surface area contributed by atoms with E-state index in [-0.39, 0.29) is 15.6 Å². The molecule has 0 spiro atoms. The summed E-state index contributed by atoms with van der Waals surface area (Å²) in [5.41, 5.74) is 0.118. The highest BCUT2D eigenvalue weighted by Gasteiger charge is 2.27. The number of carbonyl (C=O) groups is 1. The Labute approximate surface area is 156 Å². The molecule has 7 nitrogen and oxygen atoms in total. The lowest BCUT2D eigenvalue weighted by Gasteiger charge is -2.23. The highest BCUT2D eigenvalue weighted by Crippen LogP contribution is 2.32. The molecule has 140 valence electrons. The summed E-state index contributed by atoms with van der Waals surface area (Å²) in [5, 5.41) is 9.32. The molecule has 9 heteroatoms. The van der Waals surface area contributed by atoms with Gasteiger partial charge in [-0.25, -0.2) is 8.42 Å². The Morgan fingerprint density at radius 2 is 1.85 bits per heavy atom. The Morgan fingerprint density at radius 3 is 2.35 bits per heavy atom. The van der Waals surface area contributed by atoms with Gasteiger partial charge in [-0.15, -0.1) is 0 Å². The lowest BCUT2D eigenvalue weighted by atomic mass is 10.3. The molecule has 0 unspecified atom stereocenters. The maximum absolute atomic E-state index is 13.0. The van der Waals surface area contributed by atoms with E-state index >= 15 is 0 Å². The maximum atomic E-state index is 13.0. The standard InChI is InChI=1S/C17H18ClNO6S/c1-3-25-13-5-7-14(8-6-13)26(22,23)19(11-17(20)21)12-4-9-16(24-2)15(18)10-12/h4-10H,3,11H2,1-2H3,(H,20,21). The summed E-state index contributed by atoms with van der Waals surface area (Å²) in [5.74, 6) is -0.431. The zero-order valence-electron chi connectivity index (χ0n) is 14.2. The van der Waals surface area contributed by atoms with Crippen LogP contribution in [-0.2, 0) is 14.8 Å². The number of carboxylic acids is 1. The molecular formula is C17H18ClNO6S. The van der Waals surface area contributed by atoms with E-state index in [9.17, 15) is 13.2 Å². The molecule has 2 rings (SSSR count). The van der Waals surface area contributed by atoms with E-state index < -0.39 is 22.5 Å². The first-order valence-corrected chi connectivity index (χ1v) is 9.42. The molecule has 0 aromatic heterocycles. The molecule has 26 heavy (non-hydrogen) atoms. The minimum absolute atomic E-state index is 0.0610. The number of anilines is 1. The predicted molar refractivity (Wildman–Crippen MR) is 97.8 cm³/mol. The number of methoxy groups -OCH3 is 1. The second-order valence-electron chi connectivity index (χ2n) is 5.13. The minimum Gasteiger partial charge on any atom is -0.495 e. The van der Waals surface area contributed by atoms with Gasteiger partial charge in [-0.2, -0.15) is 0 Å². The summed E-state index contributed by atoms with van der Waals surface area (Å²) >= 11 is 6.05. The van der Waals surface area contributed by atoms with Crippen LogP contribution in [0.1, 0.15) is 6.92 Å². The van der Waals surface area contributed by atoms with Gasteiger partial charge in [0, 0.05) is 0 Å². The number of halogens is 1. The SMILES string of the molecule is CCOc1ccc(S(=O)(=O)N(CC(=O)O)c2ccc(OC)c(Cl)c2)cc1. The van der Waals surface area contributed by atoms with Gasteiger partial charge in [0.1, 0.15) is 18.0 Å². The van der Waals surface area contributed by atoms with Crippen molar-refractivity contribution < 1.29 is 27.8 Å². The summed E-state index contributed by atoms with van der Waals surface area (Å²) in [6.45, 7) is 1.51. The van der Waals surface area contributed by atoms with Crippen LogP contribution in [0.4, 0.5) is 5.69 Å². The van der Waals surface area contributed by atoms with E-state index in [1.807, 2.05) is 6.92 Å². The zero-order valence-corrected chi connectivity index (χ0v) is 15.7. The molecule has 0 aliphatic heterocycles. The van der Waals surface area contributed by atoms with Gasteiger partial charge in [0.25, 0.3) is 10.0 Å². The zero-order chi connectivity index (χ0) is 19.3. The van der Waals surface area contributed by atoms with E-state index in [4.69, 9.17) is 26.2 Å². The third-order valence-electron chi connectivity index (χ3n) is 3.42. The molecule has 2 aromatic rings. The van der Waals surface area contributed by atoms with Crippen molar-refractivity contribution >= 4 is 33.3 Å². The topological polar surface area (TPSA) is 93.1 Å². The number of ether oxygens (including phenoxy) is 2. The third-order valence-corrected chi connectivity index (χ3v) is 5.51. The van der Waals surface area contributed by atoms with Gasteiger partial charge in [-0.3, -0.25) is 9.10 Å². The number of hydrogen-bond donors (Lipinski definition) is 1. The summed E-state index contributed by atoms with van der Waals surface area (Å²) in [6, 6.07) is 9.99. The van der Waals surface area contributed by atoms with Crippen molar-refractivity contribution in [3.05, 3.63) is 47.5 Å². The molecule has 0 heterocycles. The lowest BCUT2D eigenvalue weighted by Crippen LogP contribution is -2.35. The average Bonchev–Trinajstić information content (AvgIpc) is 2.60. The third kappa shape index (κ3) is 4.39. The van der Waals surface area contributed by atoms with E-state index in [2.05, 4.69) is 0 Å². The van der Waals surface area contributed by atoms with Crippen LogP contribution in [0, 0.1) is 0 Å². The van der Waals surface area contributed by atoms with Crippen molar-refractivity contribution in [1.82, 2.24) is 0 Å². The first-order valence-electron chi connectivity index (χ1n) is 7.60. The summed E-state index contributed by atoms with van der Waals surface area (Å²) in [7, 11) is -2.70. The molecule has 0 aliphatic carbocycles. The number of aliphatic carboxylic acids is 1. The molecule has 0 saturated carbocycles. The van der Waals surface area contributed by atoms with Crippen molar-refractivity contribution in [3.8, 4) is 11.5 Å². The van der Waals surface area contributed by atoms with Crippen molar-refractivity contribution in [2.75, 3.05) is 24.6 Å². The van der Waals surface area contributed by atoms with Crippen LogP contribution in [0.3, 0.4) is 0 Å². The Hall–Kier alpha value is -2.45. The molecule has 1 N–H and O–H groups in total. The van der Waals surface area contributed by atoms with E-state index in [0.29, 0.717) is 18.1 Å². The fourth-order valence-corrected chi connectivity index (χ4v) is 3.91. The quantitative estimate of drug-likeness (QED) is 0.733. The molecule has 0 aliphatic rings. The summed E-state index contributed by atoms with van der Waals surface area (Å²) in [4.78, 5) is 11.2. The van der Waals surface area contributed by atoms with Gasteiger partial charge in [0.2, 0.25) is 0 Å². The van der Waals surface area contributed by atoms with Gasteiger partial charge < -0.3 is 14.6 Å². The van der Waals surface area contributed by atoms with E-state index in [0.717, 1.165) is 4.31 Å². The molecular weight excluding hydrogens is 382 g/mol. The van der Waals surface area contributed by atoms with Crippen molar-refractivity contribution in [2.24, 2.45) is 0 Å². The van der Waals surface area contributed by atoms with Gasteiger partial charge in [0.05, 0.1) is 29.3 Å². The lowest BCUT2D eigenvalue weighted by molar-refractivity contribution is -0.135. The van der Waals surface area contributed by atoms with E-state index in [1.54, 1.807) is 0 Å². The number of nitrogens with zero attached hydrogens (tertiary/aromatic N) is 1. The van der Waals surface area contributed by atoms with Crippen LogP contribution < -0.4 is 13.8 Å². The largest absolute Gasteiger partial charge is 0.495 e. The minimum atomic E-state index is -4.12. The second-order valence-corrected chi connectivity index (χ2v) is 7.40. The Balaban J connectivity index is 2.47. The van der Waals surface area contributed by atoms with Crippen molar-refractivity contribution in [3.63, 3.8) is 0 Å². The fourth-order valence-electron chi connectivity index (χ4n) is 2.25. The summed E-state index contributed by atoms with van der Waals surface area (Å²) < 4.78 is 37.0. The number of benzene rings is 2.